The van der Waals surface area contributed by atoms with Gasteiger partial charge in [0, 0.05) is 11.9 Å². The number of rotatable bonds is 2. The molecule has 0 spiro atoms. The summed E-state index contributed by atoms with van der Waals surface area (Å²) in [6.07, 6.45) is 2.58. The highest BCUT2D eigenvalue weighted by Gasteiger charge is 2.33. The molecule has 112 valence electrons. The highest BCUT2D eigenvalue weighted by Crippen LogP contribution is 2.38. The van der Waals surface area contributed by atoms with Crippen LogP contribution in [0.4, 0.5) is 11.6 Å². The van der Waals surface area contributed by atoms with E-state index in [2.05, 4.69) is 24.0 Å². The number of fused-ring (bicyclic) bond motifs is 2. The highest BCUT2D eigenvalue weighted by atomic mass is 32.1. The van der Waals surface area contributed by atoms with E-state index in [1.807, 2.05) is 22.4 Å². The minimum Gasteiger partial charge on any atom is -0.358 e. The molecule has 1 aromatic carbocycles. The van der Waals surface area contributed by atoms with Crippen molar-refractivity contribution in [1.29, 1.82) is 0 Å². The Morgan fingerprint density at radius 3 is 3.05 bits per heavy atom. The van der Waals surface area contributed by atoms with Crippen LogP contribution in [-0.4, -0.2) is 20.9 Å². The molecule has 3 heterocycles. The molecule has 0 fully saturated rings. The van der Waals surface area contributed by atoms with Crippen molar-refractivity contribution in [2.45, 2.75) is 19.4 Å². The average molecular weight is 314 g/mol. The Morgan fingerprint density at radius 1 is 1.41 bits per heavy atom. The van der Waals surface area contributed by atoms with Crippen molar-refractivity contribution in [2.24, 2.45) is 0 Å². The Labute approximate surface area is 130 Å². The number of thiazole rings is 1. The third-order valence-corrected chi connectivity index (χ3v) is 5.02. The first-order chi connectivity index (χ1) is 10.7. The number of hydrogen-bond donors (Lipinski definition) is 0. The molecule has 0 saturated heterocycles. The van der Waals surface area contributed by atoms with Gasteiger partial charge in [0.1, 0.15) is 6.20 Å². The number of nitrogens with zero attached hydrogens (tertiary/aromatic N) is 4. The topological polar surface area (TPSA) is 63.7 Å². The van der Waals surface area contributed by atoms with E-state index < -0.39 is 0 Å². The summed E-state index contributed by atoms with van der Waals surface area (Å²) >= 11 is 1.41. The van der Waals surface area contributed by atoms with E-state index >= 15 is 0 Å². The fourth-order valence-electron chi connectivity index (χ4n) is 3.19. The molecule has 22 heavy (non-hydrogen) atoms. The van der Waals surface area contributed by atoms with Crippen molar-refractivity contribution in [2.75, 3.05) is 11.4 Å². The second kappa shape index (κ2) is 4.81. The van der Waals surface area contributed by atoms with Crippen LogP contribution in [0.1, 0.15) is 24.1 Å². The molecule has 7 heteroatoms. The predicted octanol–water partition coefficient (Wildman–Crippen LogP) is 3.43. The first-order valence-electron chi connectivity index (χ1n) is 7.11. The molecule has 0 saturated carbocycles. The van der Waals surface area contributed by atoms with Gasteiger partial charge in [-0.2, -0.15) is 9.38 Å². The van der Waals surface area contributed by atoms with Crippen LogP contribution >= 0.6 is 11.3 Å². The van der Waals surface area contributed by atoms with E-state index in [-0.39, 0.29) is 16.8 Å². The van der Waals surface area contributed by atoms with E-state index in [1.54, 1.807) is 10.6 Å². The fourth-order valence-corrected chi connectivity index (χ4v) is 3.89. The summed E-state index contributed by atoms with van der Waals surface area (Å²) in [7, 11) is 0. The van der Waals surface area contributed by atoms with E-state index in [0.717, 1.165) is 13.0 Å². The van der Waals surface area contributed by atoms with Gasteiger partial charge >= 0.3 is 5.82 Å². The first kappa shape index (κ1) is 13.3. The van der Waals surface area contributed by atoms with Crippen LogP contribution in [-0.2, 0) is 6.42 Å². The zero-order valence-electron chi connectivity index (χ0n) is 12.0. The summed E-state index contributed by atoms with van der Waals surface area (Å²) in [6, 6.07) is 8.35. The smallest absolute Gasteiger partial charge is 0.358 e. The summed E-state index contributed by atoms with van der Waals surface area (Å²) in [6.45, 7) is 2.82. The molecule has 2 aromatic heterocycles. The molecular formula is C15H14N4O2S. The van der Waals surface area contributed by atoms with Gasteiger partial charge < -0.3 is 15.0 Å². The molecule has 1 aliphatic rings. The number of hydrogen-bond acceptors (Lipinski definition) is 5. The van der Waals surface area contributed by atoms with Gasteiger partial charge in [0.05, 0.1) is 6.04 Å². The number of nitro groups is 1. The maximum absolute atomic E-state index is 11.5. The zero-order chi connectivity index (χ0) is 15.3. The largest absolute Gasteiger partial charge is 0.373 e. The molecule has 1 unspecified atom stereocenters. The molecular weight excluding hydrogens is 300 g/mol. The van der Waals surface area contributed by atoms with Crippen molar-refractivity contribution in [1.82, 2.24) is 9.38 Å². The van der Waals surface area contributed by atoms with E-state index in [0.29, 0.717) is 10.8 Å². The van der Waals surface area contributed by atoms with E-state index in [9.17, 15) is 10.1 Å². The van der Waals surface area contributed by atoms with Gasteiger partial charge in [-0.25, -0.2) is 0 Å². The number of imidazole rings is 1. The summed E-state index contributed by atoms with van der Waals surface area (Å²) < 4.78 is 1.56. The van der Waals surface area contributed by atoms with Gasteiger partial charge in [0.2, 0.25) is 5.82 Å². The maximum atomic E-state index is 11.5. The van der Waals surface area contributed by atoms with Gasteiger partial charge in [-0.15, -0.1) is 0 Å². The van der Waals surface area contributed by atoms with E-state index in [4.69, 9.17) is 0 Å². The number of benzene rings is 1. The monoisotopic (exact) mass is 314 g/mol. The van der Waals surface area contributed by atoms with Gasteiger partial charge in [-0.3, -0.25) is 0 Å². The molecule has 6 nitrogen and oxygen atoms in total. The van der Waals surface area contributed by atoms with Gasteiger partial charge in [0.25, 0.3) is 4.96 Å². The lowest BCUT2D eigenvalue weighted by Crippen LogP contribution is -2.34. The van der Waals surface area contributed by atoms with Crippen LogP contribution in [0.25, 0.3) is 4.96 Å². The maximum Gasteiger partial charge on any atom is 0.373 e. The molecule has 0 aliphatic carbocycles. The molecule has 0 N–H and O–H groups in total. The third kappa shape index (κ3) is 1.82. The summed E-state index contributed by atoms with van der Waals surface area (Å²) in [4.78, 5) is 18.4. The molecule has 3 aromatic rings. The second-order valence-electron chi connectivity index (χ2n) is 5.39. The zero-order valence-corrected chi connectivity index (χ0v) is 12.8. The fraction of sp³-hybridized carbons (Fsp3) is 0.267. The highest BCUT2D eigenvalue weighted by molar-refractivity contribution is 7.15. The molecule has 0 bridgehead atoms. The Morgan fingerprint density at radius 2 is 2.23 bits per heavy atom. The number of anilines is 1. The minimum atomic E-state index is -0.338. The molecule has 4 rings (SSSR count). The van der Waals surface area contributed by atoms with Crippen molar-refractivity contribution >= 4 is 27.9 Å². The quantitative estimate of drug-likeness (QED) is 0.537. The van der Waals surface area contributed by atoms with Gasteiger partial charge in [-0.05, 0) is 29.4 Å². The van der Waals surface area contributed by atoms with Crippen molar-refractivity contribution in [3.63, 3.8) is 0 Å². The van der Waals surface area contributed by atoms with Crippen LogP contribution < -0.4 is 4.90 Å². The van der Waals surface area contributed by atoms with Crippen molar-refractivity contribution < 1.29 is 4.92 Å². The Kier molecular flexibility index (Phi) is 2.90. The summed E-state index contributed by atoms with van der Waals surface area (Å²) in [5, 5.41) is 13.3. The second-order valence-corrected chi connectivity index (χ2v) is 6.26. The van der Waals surface area contributed by atoms with Crippen LogP contribution in [0.15, 0.2) is 35.8 Å². The van der Waals surface area contributed by atoms with Gasteiger partial charge in [0.15, 0.2) is 0 Å². The van der Waals surface area contributed by atoms with Crippen LogP contribution in [0, 0.1) is 10.1 Å². The summed E-state index contributed by atoms with van der Waals surface area (Å²) in [5.41, 5.74) is 2.54. The predicted molar refractivity (Wildman–Crippen MR) is 85.6 cm³/mol. The third-order valence-electron chi connectivity index (χ3n) is 4.26. The lowest BCUT2D eigenvalue weighted by atomic mass is 9.94. The van der Waals surface area contributed by atoms with Crippen molar-refractivity contribution in [3.8, 4) is 0 Å². The Hall–Kier alpha value is -2.41. The molecule has 0 radical (unpaired) electrons. The molecule has 1 aliphatic heterocycles. The van der Waals surface area contributed by atoms with E-state index in [1.165, 1.54) is 22.5 Å². The SMILES string of the molecule is CC1c2ccccc2CCN1c1nc2sccn2c1[N+](=O)[O-]. The lowest BCUT2D eigenvalue weighted by molar-refractivity contribution is -0.389. The first-order valence-corrected chi connectivity index (χ1v) is 7.99. The van der Waals surface area contributed by atoms with Crippen LogP contribution in [0.5, 0.6) is 0 Å². The van der Waals surface area contributed by atoms with Crippen LogP contribution in [0.3, 0.4) is 0 Å². The van der Waals surface area contributed by atoms with Gasteiger partial charge in [-0.1, -0.05) is 35.6 Å². The lowest BCUT2D eigenvalue weighted by Gasteiger charge is -2.34. The number of aromatic nitrogens is 2. The normalized spacial score (nSPS) is 17.7. The molecule has 1 atom stereocenters. The Balaban J connectivity index is 1.85. The minimum absolute atomic E-state index is 0.0579. The standard InChI is InChI=1S/C15H14N4O2S/c1-10-12-5-3-2-4-11(12)6-7-17(10)13-14(19(20)21)18-8-9-22-15(18)16-13/h2-5,8-10H,6-7H2,1H3. The molecule has 0 amide bonds. The Bertz CT molecular complexity index is 869. The average Bonchev–Trinajstić information content (AvgIpc) is 3.08. The van der Waals surface area contributed by atoms with Crippen LogP contribution in [0.2, 0.25) is 0 Å². The van der Waals surface area contributed by atoms with Crippen molar-refractivity contribution in [3.05, 3.63) is 57.1 Å². The summed E-state index contributed by atoms with van der Waals surface area (Å²) in [5.74, 6) is 0.529.